The van der Waals surface area contributed by atoms with Gasteiger partial charge in [0.25, 0.3) is 0 Å². The lowest BCUT2D eigenvalue weighted by molar-refractivity contribution is 0.174. The second-order valence-electron chi connectivity index (χ2n) is 6.02. The van der Waals surface area contributed by atoms with E-state index in [-0.39, 0.29) is 18.7 Å². The van der Waals surface area contributed by atoms with Gasteiger partial charge in [-0.2, -0.15) is 0 Å². The lowest BCUT2D eigenvalue weighted by Crippen LogP contribution is -2.20. The summed E-state index contributed by atoms with van der Waals surface area (Å²) in [5, 5.41) is 3.26. The Morgan fingerprint density at radius 2 is 1.96 bits per heavy atom. The summed E-state index contributed by atoms with van der Waals surface area (Å²) in [6, 6.07) is 12.4. The topological polar surface area (TPSA) is 39.7 Å². The van der Waals surface area contributed by atoms with Crippen molar-refractivity contribution >= 4 is 5.57 Å². The molecule has 1 atom stereocenters. The number of benzene rings is 2. The molecule has 4 nitrogen and oxygen atoms in total. The number of rotatable bonds is 4. The van der Waals surface area contributed by atoms with Gasteiger partial charge in [0.15, 0.2) is 17.4 Å². The van der Waals surface area contributed by atoms with Crippen LogP contribution in [0.1, 0.15) is 30.5 Å². The van der Waals surface area contributed by atoms with Crippen LogP contribution in [0.5, 0.6) is 11.5 Å². The van der Waals surface area contributed by atoms with Crippen molar-refractivity contribution < 1.29 is 18.6 Å². The van der Waals surface area contributed by atoms with Crippen molar-refractivity contribution in [1.29, 1.82) is 0 Å². The van der Waals surface area contributed by atoms with Crippen LogP contribution in [0.2, 0.25) is 0 Å². The zero-order chi connectivity index (χ0) is 17.2. The average molecular weight is 339 g/mol. The second kappa shape index (κ2) is 6.51. The highest BCUT2D eigenvalue weighted by molar-refractivity contribution is 5.69. The smallest absolute Gasteiger partial charge is 0.231 e. The highest BCUT2D eigenvalue weighted by Crippen LogP contribution is 2.36. The van der Waals surface area contributed by atoms with Crippen molar-refractivity contribution in [2.45, 2.75) is 19.4 Å². The first-order chi connectivity index (χ1) is 12.2. The van der Waals surface area contributed by atoms with E-state index in [1.54, 1.807) is 12.3 Å². The van der Waals surface area contributed by atoms with Gasteiger partial charge in [0.1, 0.15) is 5.82 Å². The zero-order valence-corrected chi connectivity index (χ0v) is 13.8. The molecule has 0 saturated carbocycles. The molecule has 2 aliphatic rings. The molecule has 2 aliphatic heterocycles. The largest absolute Gasteiger partial charge is 0.454 e. The Labute approximate surface area is 145 Å². The third-order valence-corrected chi connectivity index (χ3v) is 4.29. The number of fused-ring (bicyclic) bond motifs is 1. The Bertz CT molecular complexity index is 860. The summed E-state index contributed by atoms with van der Waals surface area (Å²) < 4.78 is 29.8. The van der Waals surface area contributed by atoms with E-state index >= 15 is 0 Å². The first-order valence-corrected chi connectivity index (χ1v) is 8.17. The van der Waals surface area contributed by atoms with E-state index in [0.29, 0.717) is 5.88 Å². The molecule has 0 aliphatic carbocycles. The van der Waals surface area contributed by atoms with Gasteiger partial charge in [-0.1, -0.05) is 18.2 Å². The standard InChI is InChI=1S/C20H18FNO3/c1-13(14-3-2-4-17(21)9-14)22-20-8-6-16(11-23-20)15-5-7-18-19(10-15)25-12-24-18/h2-5,7-11,13,22H,6,12H2,1H3/t13-/m0/s1. The average Bonchev–Trinajstić information content (AvgIpc) is 3.10. The molecule has 0 unspecified atom stereocenters. The SMILES string of the molecule is C[C@H](NC1=CCC(c2ccc3c(c2)OCO3)=CO1)c1cccc(F)c1. The van der Waals surface area contributed by atoms with E-state index in [9.17, 15) is 4.39 Å². The Morgan fingerprint density at radius 3 is 2.76 bits per heavy atom. The van der Waals surface area contributed by atoms with Crippen LogP contribution < -0.4 is 14.8 Å². The third-order valence-electron chi connectivity index (χ3n) is 4.29. The monoisotopic (exact) mass is 339 g/mol. The van der Waals surface area contributed by atoms with E-state index in [0.717, 1.165) is 34.6 Å². The summed E-state index contributed by atoms with van der Waals surface area (Å²) in [5.41, 5.74) is 2.97. The first-order valence-electron chi connectivity index (χ1n) is 8.17. The maximum atomic E-state index is 13.3. The van der Waals surface area contributed by atoms with Gasteiger partial charge in [-0.3, -0.25) is 0 Å². The molecule has 0 bridgehead atoms. The zero-order valence-electron chi connectivity index (χ0n) is 13.8. The molecule has 2 heterocycles. The minimum atomic E-state index is -0.241. The summed E-state index contributed by atoms with van der Waals surface area (Å²) in [4.78, 5) is 0. The normalized spacial score (nSPS) is 16.6. The Morgan fingerprint density at radius 1 is 1.08 bits per heavy atom. The van der Waals surface area contributed by atoms with E-state index in [2.05, 4.69) is 5.32 Å². The molecule has 0 fully saturated rings. The van der Waals surface area contributed by atoms with Crippen LogP contribution in [0.3, 0.4) is 0 Å². The van der Waals surface area contributed by atoms with Crippen LogP contribution in [0, 0.1) is 5.82 Å². The molecule has 2 aromatic carbocycles. The van der Waals surface area contributed by atoms with Crippen LogP contribution in [0.25, 0.3) is 5.57 Å². The third kappa shape index (κ3) is 3.31. The van der Waals surface area contributed by atoms with Gasteiger partial charge in [-0.15, -0.1) is 0 Å². The minimum Gasteiger partial charge on any atom is -0.454 e. The molecule has 0 radical (unpaired) electrons. The molecule has 25 heavy (non-hydrogen) atoms. The van der Waals surface area contributed by atoms with Crippen LogP contribution in [-0.2, 0) is 4.74 Å². The van der Waals surface area contributed by atoms with Gasteiger partial charge in [0.05, 0.1) is 12.3 Å². The number of nitrogens with one attached hydrogen (secondary N) is 1. The fourth-order valence-electron chi connectivity index (χ4n) is 2.88. The van der Waals surface area contributed by atoms with E-state index in [4.69, 9.17) is 14.2 Å². The van der Waals surface area contributed by atoms with Crippen molar-refractivity contribution in [3.05, 3.63) is 77.6 Å². The predicted molar refractivity (Wildman–Crippen MR) is 92.3 cm³/mol. The molecule has 0 saturated heterocycles. The molecule has 0 aromatic heterocycles. The quantitative estimate of drug-likeness (QED) is 0.890. The highest BCUT2D eigenvalue weighted by Gasteiger charge is 2.17. The molecular formula is C20H18FNO3. The van der Waals surface area contributed by atoms with E-state index < -0.39 is 0 Å². The summed E-state index contributed by atoms with van der Waals surface area (Å²) >= 11 is 0. The van der Waals surface area contributed by atoms with Crippen molar-refractivity contribution in [1.82, 2.24) is 5.32 Å². The van der Waals surface area contributed by atoms with Gasteiger partial charge in [0.2, 0.25) is 6.79 Å². The number of hydrogen-bond acceptors (Lipinski definition) is 4. The molecule has 128 valence electrons. The summed E-state index contributed by atoms with van der Waals surface area (Å²) in [5.74, 6) is 1.95. The van der Waals surface area contributed by atoms with Crippen LogP contribution in [-0.4, -0.2) is 6.79 Å². The molecule has 4 rings (SSSR count). The summed E-state index contributed by atoms with van der Waals surface area (Å²) in [6.07, 6.45) is 4.45. The maximum Gasteiger partial charge on any atom is 0.231 e. The minimum absolute atomic E-state index is 0.0533. The van der Waals surface area contributed by atoms with Crippen molar-refractivity contribution in [3.63, 3.8) is 0 Å². The van der Waals surface area contributed by atoms with Crippen LogP contribution in [0.15, 0.2) is 60.7 Å². The predicted octanol–water partition coefficient (Wildman–Crippen LogP) is 4.51. The molecule has 2 aromatic rings. The van der Waals surface area contributed by atoms with Crippen LogP contribution >= 0.6 is 0 Å². The molecule has 0 spiro atoms. The number of halogens is 1. The number of ether oxygens (including phenoxy) is 3. The van der Waals surface area contributed by atoms with Gasteiger partial charge in [0, 0.05) is 0 Å². The van der Waals surface area contributed by atoms with Gasteiger partial charge in [-0.25, -0.2) is 4.39 Å². The molecule has 1 N–H and O–H groups in total. The molecule has 5 heteroatoms. The van der Waals surface area contributed by atoms with Crippen LogP contribution in [0.4, 0.5) is 4.39 Å². The van der Waals surface area contributed by atoms with Gasteiger partial charge >= 0.3 is 0 Å². The van der Waals surface area contributed by atoms with E-state index in [1.807, 2.05) is 37.3 Å². The first kappa shape index (κ1) is 15.6. The maximum absolute atomic E-state index is 13.3. The Hall–Kier alpha value is -2.95. The van der Waals surface area contributed by atoms with Gasteiger partial charge < -0.3 is 19.5 Å². The fraction of sp³-hybridized carbons (Fsp3) is 0.200. The molecular weight excluding hydrogens is 321 g/mol. The lowest BCUT2D eigenvalue weighted by Gasteiger charge is -2.21. The molecule has 0 amide bonds. The fourth-order valence-corrected chi connectivity index (χ4v) is 2.88. The number of allylic oxidation sites excluding steroid dienone is 2. The second-order valence-corrected chi connectivity index (χ2v) is 6.02. The summed E-state index contributed by atoms with van der Waals surface area (Å²) in [7, 11) is 0. The Kier molecular flexibility index (Phi) is 4.06. The highest BCUT2D eigenvalue weighted by atomic mass is 19.1. The van der Waals surface area contributed by atoms with Crippen molar-refractivity contribution in [2.75, 3.05) is 6.79 Å². The Balaban J connectivity index is 1.41. The summed E-state index contributed by atoms with van der Waals surface area (Å²) in [6.45, 7) is 2.23. The number of hydrogen-bond donors (Lipinski definition) is 1. The van der Waals surface area contributed by atoms with E-state index in [1.165, 1.54) is 12.1 Å². The lowest BCUT2D eigenvalue weighted by atomic mass is 10.0. The van der Waals surface area contributed by atoms with Crippen molar-refractivity contribution in [2.24, 2.45) is 0 Å². The van der Waals surface area contributed by atoms with Crippen molar-refractivity contribution in [3.8, 4) is 11.5 Å². The van der Waals surface area contributed by atoms with Gasteiger partial charge in [-0.05, 0) is 60.4 Å².